The lowest BCUT2D eigenvalue weighted by Gasteiger charge is -2.27. The second kappa shape index (κ2) is 10.5. The van der Waals surface area contributed by atoms with Crippen molar-refractivity contribution in [3.05, 3.63) is 77.6 Å². The van der Waals surface area contributed by atoms with E-state index in [0.29, 0.717) is 56.8 Å². The third-order valence-electron chi connectivity index (χ3n) is 6.78. The van der Waals surface area contributed by atoms with E-state index in [2.05, 4.69) is 26.7 Å². The Balaban J connectivity index is 1.26. The Kier molecular flexibility index (Phi) is 6.79. The molecule has 2 aliphatic heterocycles. The molecular formula is C27H28F2N6O2. The SMILES string of the molecule is Fc1cc(-n2ccc3cnc(Nc4cccc(C5COCCN5)c4)nc32)cc(F)c1CN1CCOCC1. The molecule has 192 valence electrons. The van der Waals surface area contributed by atoms with Crippen LogP contribution in [0, 0.1) is 11.6 Å². The van der Waals surface area contributed by atoms with Gasteiger partial charge in [-0.2, -0.15) is 4.98 Å². The summed E-state index contributed by atoms with van der Waals surface area (Å²) in [4.78, 5) is 11.1. The lowest BCUT2D eigenvalue weighted by atomic mass is 10.1. The van der Waals surface area contributed by atoms with Gasteiger partial charge in [0.25, 0.3) is 0 Å². The van der Waals surface area contributed by atoms with Crippen molar-refractivity contribution in [3.63, 3.8) is 0 Å². The number of aromatic nitrogens is 3. The van der Waals surface area contributed by atoms with Crippen molar-refractivity contribution >= 4 is 22.7 Å². The summed E-state index contributed by atoms with van der Waals surface area (Å²) in [5, 5.41) is 7.47. The first-order valence-corrected chi connectivity index (χ1v) is 12.4. The summed E-state index contributed by atoms with van der Waals surface area (Å²) in [6.07, 6.45) is 3.44. The largest absolute Gasteiger partial charge is 0.379 e. The second-order valence-electron chi connectivity index (χ2n) is 9.27. The van der Waals surface area contributed by atoms with E-state index in [-0.39, 0.29) is 18.2 Å². The number of fused-ring (bicyclic) bond motifs is 1. The van der Waals surface area contributed by atoms with Gasteiger partial charge in [-0.05, 0) is 35.9 Å². The van der Waals surface area contributed by atoms with E-state index in [1.54, 1.807) is 17.0 Å². The molecule has 0 bridgehead atoms. The Hall–Kier alpha value is -3.44. The van der Waals surface area contributed by atoms with Crippen molar-refractivity contribution in [2.75, 3.05) is 51.4 Å². The van der Waals surface area contributed by atoms with Crippen molar-refractivity contribution < 1.29 is 18.3 Å². The maximum absolute atomic E-state index is 15.0. The van der Waals surface area contributed by atoms with Crippen LogP contribution in [0.1, 0.15) is 17.2 Å². The quantitative estimate of drug-likeness (QED) is 0.410. The standard InChI is InChI=1S/C27H28F2N6O2/c28-23-13-21(14-24(29)22(23)16-34-7-10-36-11-8-34)35-6-4-19-15-31-27(33-26(19)35)32-20-3-1-2-18(12-20)25-17-37-9-5-30-25/h1-4,6,12-15,25,30H,5,7-11,16-17H2,(H,31,32,33). The highest BCUT2D eigenvalue weighted by Crippen LogP contribution is 2.26. The number of halogens is 2. The number of benzene rings is 2. The number of nitrogens with one attached hydrogen (secondary N) is 2. The highest BCUT2D eigenvalue weighted by molar-refractivity contribution is 5.78. The van der Waals surface area contributed by atoms with Gasteiger partial charge in [0, 0.05) is 55.2 Å². The molecule has 2 aromatic heterocycles. The van der Waals surface area contributed by atoms with E-state index in [4.69, 9.17) is 9.47 Å². The maximum Gasteiger partial charge on any atom is 0.229 e. The van der Waals surface area contributed by atoms with Crippen LogP contribution in [0.2, 0.25) is 0 Å². The van der Waals surface area contributed by atoms with E-state index < -0.39 is 11.6 Å². The zero-order chi connectivity index (χ0) is 25.2. The average Bonchev–Trinajstić information content (AvgIpc) is 3.35. The van der Waals surface area contributed by atoms with Crippen LogP contribution in [0.15, 0.2) is 54.9 Å². The summed E-state index contributed by atoms with van der Waals surface area (Å²) in [6, 6.07) is 12.7. The van der Waals surface area contributed by atoms with Crippen molar-refractivity contribution in [1.29, 1.82) is 0 Å². The van der Waals surface area contributed by atoms with Crippen LogP contribution in [0.4, 0.5) is 20.4 Å². The average molecular weight is 507 g/mol. The predicted molar refractivity (Wildman–Crippen MR) is 136 cm³/mol. The normalized spacial score (nSPS) is 18.8. The van der Waals surface area contributed by atoms with Crippen LogP contribution in [0.25, 0.3) is 16.7 Å². The van der Waals surface area contributed by atoms with Gasteiger partial charge < -0.3 is 24.7 Å². The Labute approximate surface area is 213 Å². The van der Waals surface area contributed by atoms with Crippen molar-refractivity contribution in [1.82, 2.24) is 24.8 Å². The fourth-order valence-corrected chi connectivity index (χ4v) is 4.79. The molecule has 1 atom stereocenters. The summed E-state index contributed by atoms with van der Waals surface area (Å²) in [7, 11) is 0. The Morgan fingerprint density at radius 3 is 2.65 bits per heavy atom. The molecule has 2 saturated heterocycles. The first-order chi connectivity index (χ1) is 18.1. The zero-order valence-corrected chi connectivity index (χ0v) is 20.3. The Morgan fingerprint density at radius 1 is 1.03 bits per heavy atom. The number of ether oxygens (including phenoxy) is 2. The van der Waals surface area contributed by atoms with Crippen LogP contribution in [-0.4, -0.2) is 65.5 Å². The minimum Gasteiger partial charge on any atom is -0.379 e. The molecular weight excluding hydrogens is 478 g/mol. The summed E-state index contributed by atoms with van der Waals surface area (Å²) < 4.78 is 42.7. The summed E-state index contributed by atoms with van der Waals surface area (Å²) in [6.45, 7) is 4.82. The minimum absolute atomic E-state index is 0.0665. The highest BCUT2D eigenvalue weighted by Gasteiger charge is 2.19. The molecule has 0 saturated carbocycles. The van der Waals surface area contributed by atoms with E-state index >= 15 is 8.78 Å². The molecule has 2 fully saturated rings. The van der Waals surface area contributed by atoms with Gasteiger partial charge in [-0.15, -0.1) is 0 Å². The lowest BCUT2D eigenvalue weighted by molar-refractivity contribution is 0.0332. The maximum atomic E-state index is 15.0. The highest BCUT2D eigenvalue weighted by atomic mass is 19.1. The molecule has 2 aromatic carbocycles. The van der Waals surface area contributed by atoms with Gasteiger partial charge in [-0.25, -0.2) is 13.8 Å². The molecule has 8 nitrogen and oxygen atoms in total. The lowest BCUT2D eigenvalue weighted by Crippen LogP contribution is -2.36. The van der Waals surface area contributed by atoms with Gasteiger partial charge in [0.2, 0.25) is 5.95 Å². The van der Waals surface area contributed by atoms with Crippen molar-refractivity contribution in [2.24, 2.45) is 0 Å². The molecule has 4 aromatic rings. The van der Waals surface area contributed by atoms with E-state index in [9.17, 15) is 0 Å². The molecule has 0 spiro atoms. The topological polar surface area (TPSA) is 76.5 Å². The molecule has 2 aliphatic rings. The summed E-state index contributed by atoms with van der Waals surface area (Å²) >= 11 is 0. The van der Waals surface area contributed by atoms with Gasteiger partial charge in [-0.1, -0.05) is 12.1 Å². The Morgan fingerprint density at radius 2 is 1.86 bits per heavy atom. The molecule has 0 aliphatic carbocycles. The fourth-order valence-electron chi connectivity index (χ4n) is 4.79. The first-order valence-electron chi connectivity index (χ1n) is 12.4. The Bertz CT molecular complexity index is 1380. The van der Waals surface area contributed by atoms with Crippen LogP contribution in [0.3, 0.4) is 0 Å². The predicted octanol–water partition coefficient (Wildman–Crippen LogP) is 3.94. The van der Waals surface area contributed by atoms with Crippen LogP contribution < -0.4 is 10.6 Å². The van der Waals surface area contributed by atoms with Gasteiger partial charge in [-0.3, -0.25) is 4.90 Å². The van der Waals surface area contributed by atoms with Crippen LogP contribution >= 0.6 is 0 Å². The van der Waals surface area contributed by atoms with Crippen LogP contribution in [0.5, 0.6) is 0 Å². The monoisotopic (exact) mass is 506 g/mol. The molecule has 6 rings (SSSR count). The van der Waals surface area contributed by atoms with Gasteiger partial charge >= 0.3 is 0 Å². The number of hydrogen-bond donors (Lipinski definition) is 2. The van der Waals surface area contributed by atoms with Crippen molar-refractivity contribution in [3.8, 4) is 5.69 Å². The van der Waals surface area contributed by atoms with Gasteiger partial charge in [0.05, 0.1) is 38.2 Å². The summed E-state index contributed by atoms with van der Waals surface area (Å²) in [5.74, 6) is -0.761. The number of anilines is 2. The first kappa shape index (κ1) is 23.9. The number of rotatable bonds is 6. The minimum atomic E-state index is -0.576. The summed E-state index contributed by atoms with van der Waals surface area (Å²) in [5.41, 5.74) is 2.93. The number of hydrogen-bond acceptors (Lipinski definition) is 7. The molecule has 1 unspecified atom stereocenters. The van der Waals surface area contributed by atoms with Crippen molar-refractivity contribution in [2.45, 2.75) is 12.6 Å². The van der Waals surface area contributed by atoms with E-state index in [1.807, 2.05) is 29.2 Å². The molecule has 0 radical (unpaired) electrons. The molecule has 4 heterocycles. The fraction of sp³-hybridized carbons (Fsp3) is 0.333. The smallest absolute Gasteiger partial charge is 0.229 e. The zero-order valence-electron chi connectivity index (χ0n) is 20.3. The molecule has 2 N–H and O–H groups in total. The van der Waals surface area contributed by atoms with E-state index in [1.165, 1.54) is 12.1 Å². The third kappa shape index (κ3) is 5.19. The van der Waals surface area contributed by atoms with E-state index in [0.717, 1.165) is 23.2 Å². The molecule has 37 heavy (non-hydrogen) atoms. The van der Waals surface area contributed by atoms with Gasteiger partial charge in [0.1, 0.15) is 17.3 Å². The third-order valence-corrected chi connectivity index (χ3v) is 6.78. The molecule has 10 heteroatoms. The van der Waals surface area contributed by atoms with Crippen LogP contribution in [-0.2, 0) is 16.0 Å². The number of morpholine rings is 2. The molecule has 0 amide bonds. The second-order valence-corrected chi connectivity index (χ2v) is 9.27. The van der Waals surface area contributed by atoms with Gasteiger partial charge in [0.15, 0.2) is 0 Å². The number of nitrogens with zero attached hydrogens (tertiary/aromatic N) is 4.